The monoisotopic (exact) mass is 308 g/mol. The first kappa shape index (κ1) is 16.2. The van der Waals surface area contributed by atoms with E-state index in [0.717, 1.165) is 6.07 Å². The molecule has 1 fully saturated rings. The number of nitrogens with one attached hydrogen (secondary N) is 1. The molecule has 118 valence electrons. The minimum atomic E-state index is -4.37. The molecule has 2 rings (SSSR count). The first-order valence-electron chi connectivity index (χ1n) is 6.83. The van der Waals surface area contributed by atoms with Gasteiger partial charge in [0.05, 0.1) is 12.0 Å². The molecule has 2 nitrogen and oxygen atoms in total. The normalized spacial score (nSPS) is 24.9. The summed E-state index contributed by atoms with van der Waals surface area (Å²) in [5.41, 5.74) is 2.10. The minimum absolute atomic E-state index is 0.0106. The third kappa shape index (κ3) is 3.35. The third-order valence-corrected chi connectivity index (χ3v) is 4.16. The average Bonchev–Trinajstić information content (AvgIpc) is 2.44. The number of halogens is 5. The van der Waals surface area contributed by atoms with E-state index in [1.54, 1.807) is 0 Å². The van der Waals surface area contributed by atoms with Gasteiger partial charge in [-0.3, -0.25) is 11.3 Å². The number of hydrogen-bond acceptors (Lipinski definition) is 2. The Balaban J connectivity index is 2.36. The molecule has 1 aliphatic carbocycles. The lowest BCUT2D eigenvalue weighted by atomic mass is 9.73. The van der Waals surface area contributed by atoms with Crippen molar-refractivity contribution in [2.24, 2.45) is 17.7 Å². The Kier molecular flexibility index (Phi) is 4.83. The van der Waals surface area contributed by atoms with Crippen LogP contribution in [0.4, 0.5) is 22.0 Å². The van der Waals surface area contributed by atoms with Crippen LogP contribution in [0.25, 0.3) is 0 Å². The number of alkyl halides is 3. The maximum atomic E-state index is 13.9. The molecule has 1 aliphatic rings. The lowest BCUT2D eigenvalue weighted by Crippen LogP contribution is -2.43. The summed E-state index contributed by atoms with van der Waals surface area (Å²) in [6.45, 7) is 0. The van der Waals surface area contributed by atoms with Crippen LogP contribution in [-0.2, 0) is 0 Å². The predicted molar refractivity (Wildman–Crippen MR) is 67.9 cm³/mol. The van der Waals surface area contributed by atoms with Gasteiger partial charge in [0, 0.05) is 5.56 Å². The van der Waals surface area contributed by atoms with E-state index in [-0.39, 0.29) is 18.4 Å². The van der Waals surface area contributed by atoms with Gasteiger partial charge in [-0.2, -0.15) is 13.2 Å². The van der Waals surface area contributed by atoms with Gasteiger partial charge in [0.1, 0.15) is 0 Å². The van der Waals surface area contributed by atoms with Crippen LogP contribution in [0.1, 0.15) is 37.3 Å². The molecule has 0 spiro atoms. The summed E-state index contributed by atoms with van der Waals surface area (Å²) in [6, 6.07) is 2.40. The van der Waals surface area contributed by atoms with Gasteiger partial charge in [-0.1, -0.05) is 25.0 Å². The van der Waals surface area contributed by atoms with Gasteiger partial charge in [-0.05, 0) is 24.8 Å². The van der Waals surface area contributed by atoms with E-state index in [1.807, 2.05) is 0 Å². The minimum Gasteiger partial charge on any atom is -0.271 e. The van der Waals surface area contributed by atoms with Crippen molar-refractivity contribution < 1.29 is 22.0 Å². The van der Waals surface area contributed by atoms with Crippen molar-refractivity contribution in [2.75, 3.05) is 0 Å². The molecular formula is C14H17F5N2. The van der Waals surface area contributed by atoms with E-state index in [0.29, 0.717) is 12.8 Å². The van der Waals surface area contributed by atoms with Crippen LogP contribution in [0.5, 0.6) is 0 Å². The van der Waals surface area contributed by atoms with Gasteiger partial charge in [0.25, 0.3) is 0 Å². The van der Waals surface area contributed by atoms with Crippen LogP contribution < -0.4 is 11.3 Å². The van der Waals surface area contributed by atoms with Crippen molar-refractivity contribution in [1.29, 1.82) is 0 Å². The number of nitrogens with two attached hydrogens (primary N) is 1. The first-order chi connectivity index (χ1) is 9.86. The topological polar surface area (TPSA) is 38.0 Å². The standard InChI is InChI=1S/C14H17F5N2/c15-11-7-3-5-9(12(11)16)13(21-20)8-4-1-2-6-10(8)14(17,18)19/h3,5,7-8,10,13,21H,1-2,4,6,20H2. The molecule has 3 atom stereocenters. The van der Waals surface area contributed by atoms with Gasteiger partial charge in [0.2, 0.25) is 0 Å². The summed E-state index contributed by atoms with van der Waals surface area (Å²) in [4.78, 5) is 0. The highest BCUT2D eigenvalue weighted by molar-refractivity contribution is 5.23. The van der Waals surface area contributed by atoms with Crippen LogP contribution in [0, 0.1) is 23.5 Å². The second-order valence-corrected chi connectivity index (χ2v) is 5.38. The summed E-state index contributed by atoms with van der Waals surface area (Å²) in [7, 11) is 0. The van der Waals surface area contributed by atoms with Gasteiger partial charge in [0.15, 0.2) is 11.6 Å². The van der Waals surface area contributed by atoms with Gasteiger partial charge in [-0.15, -0.1) is 0 Å². The molecule has 0 aromatic heterocycles. The lowest BCUT2D eigenvalue weighted by Gasteiger charge is -2.38. The van der Waals surface area contributed by atoms with E-state index in [9.17, 15) is 22.0 Å². The molecule has 0 bridgehead atoms. The van der Waals surface area contributed by atoms with Crippen molar-refractivity contribution in [3.8, 4) is 0 Å². The molecule has 0 heterocycles. The largest absolute Gasteiger partial charge is 0.392 e. The molecule has 3 N–H and O–H groups in total. The Morgan fingerprint density at radius 3 is 2.43 bits per heavy atom. The van der Waals surface area contributed by atoms with E-state index < -0.39 is 35.7 Å². The van der Waals surface area contributed by atoms with E-state index >= 15 is 0 Å². The quantitative estimate of drug-likeness (QED) is 0.506. The fourth-order valence-corrected chi connectivity index (χ4v) is 3.17. The van der Waals surface area contributed by atoms with E-state index in [4.69, 9.17) is 5.84 Å². The molecule has 0 amide bonds. The van der Waals surface area contributed by atoms with Gasteiger partial charge in [-0.25, -0.2) is 8.78 Å². The number of hydrazine groups is 1. The number of hydrogen-bond donors (Lipinski definition) is 2. The number of rotatable bonds is 3. The third-order valence-electron chi connectivity index (χ3n) is 4.16. The van der Waals surface area contributed by atoms with Gasteiger partial charge < -0.3 is 0 Å². The van der Waals surface area contributed by atoms with Crippen LogP contribution >= 0.6 is 0 Å². The van der Waals surface area contributed by atoms with Crippen LogP contribution in [0.15, 0.2) is 18.2 Å². The molecular weight excluding hydrogens is 291 g/mol. The predicted octanol–water partition coefficient (Wildman–Crippen LogP) is 3.84. The SMILES string of the molecule is NNC(c1cccc(F)c1F)C1CCCCC1C(F)(F)F. The molecule has 21 heavy (non-hydrogen) atoms. The fraction of sp³-hybridized carbons (Fsp3) is 0.571. The first-order valence-corrected chi connectivity index (χ1v) is 6.83. The Labute approximate surface area is 119 Å². The van der Waals surface area contributed by atoms with Crippen LogP contribution in [0.3, 0.4) is 0 Å². The Morgan fingerprint density at radius 1 is 1.14 bits per heavy atom. The molecule has 0 radical (unpaired) electrons. The van der Waals surface area contributed by atoms with Crippen molar-refractivity contribution in [2.45, 2.75) is 37.9 Å². The van der Waals surface area contributed by atoms with Crippen LogP contribution in [-0.4, -0.2) is 6.18 Å². The molecule has 3 unspecified atom stereocenters. The molecule has 0 aliphatic heterocycles. The summed E-state index contributed by atoms with van der Waals surface area (Å²) in [5, 5.41) is 0. The lowest BCUT2D eigenvalue weighted by molar-refractivity contribution is -0.199. The molecule has 1 aromatic carbocycles. The van der Waals surface area contributed by atoms with Gasteiger partial charge >= 0.3 is 6.18 Å². The second kappa shape index (κ2) is 6.27. The molecule has 1 aromatic rings. The average molecular weight is 308 g/mol. The molecule has 1 saturated carbocycles. The zero-order valence-electron chi connectivity index (χ0n) is 11.3. The van der Waals surface area contributed by atoms with Crippen LogP contribution in [0.2, 0.25) is 0 Å². The summed E-state index contributed by atoms with van der Waals surface area (Å²) in [5.74, 6) is 0.654. The second-order valence-electron chi connectivity index (χ2n) is 5.38. The highest BCUT2D eigenvalue weighted by Gasteiger charge is 2.48. The Bertz CT molecular complexity index is 489. The number of benzene rings is 1. The highest BCUT2D eigenvalue weighted by Crippen LogP contribution is 2.46. The van der Waals surface area contributed by atoms with E-state index in [1.165, 1.54) is 12.1 Å². The van der Waals surface area contributed by atoms with Crippen molar-refractivity contribution >= 4 is 0 Å². The van der Waals surface area contributed by atoms with Crippen molar-refractivity contribution in [3.63, 3.8) is 0 Å². The Hall–Kier alpha value is -1.21. The van der Waals surface area contributed by atoms with Crippen molar-refractivity contribution in [1.82, 2.24) is 5.43 Å². The maximum Gasteiger partial charge on any atom is 0.392 e. The zero-order valence-corrected chi connectivity index (χ0v) is 11.3. The van der Waals surface area contributed by atoms with E-state index in [2.05, 4.69) is 5.43 Å². The summed E-state index contributed by atoms with van der Waals surface area (Å²) < 4.78 is 66.6. The molecule has 0 saturated heterocycles. The maximum absolute atomic E-state index is 13.9. The summed E-state index contributed by atoms with van der Waals surface area (Å²) in [6.07, 6.45) is -3.02. The smallest absolute Gasteiger partial charge is 0.271 e. The molecule has 7 heteroatoms. The summed E-state index contributed by atoms with van der Waals surface area (Å²) >= 11 is 0. The highest BCUT2D eigenvalue weighted by atomic mass is 19.4. The zero-order chi connectivity index (χ0) is 15.6. The Morgan fingerprint density at radius 2 is 1.81 bits per heavy atom. The fourth-order valence-electron chi connectivity index (χ4n) is 3.17. The van der Waals surface area contributed by atoms with Crippen molar-refractivity contribution in [3.05, 3.63) is 35.4 Å².